The molecule has 0 unspecified atom stereocenters. The molecule has 1 heterocycles. The van der Waals surface area contributed by atoms with Crippen LogP contribution < -0.4 is 10.2 Å². The van der Waals surface area contributed by atoms with Crippen molar-refractivity contribution in [2.24, 2.45) is 0 Å². The highest BCUT2D eigenvalue weighted by Gasteiger charge is 2.32. The summed E-state index contributed by atoms with van der Waals surface area (Å²) in [4.78, 5) is 25.5. The Bertz CT molecular complexity index is 492. The van der Waals surface area contributed by atoms with E-state index >= 15 is 0 Å². The molecule has 0 bridgehead atoms. The van der Waals surface area contributed by atoms with Crippen LogP contribution in [0.4, 0.5) is 5.69 Å². The Kier molecular flexibility index (Phi) is 5.30. The van der Waals surface area contributed by atoms with Crippen LogP contribution in [0.25, 0.3) is 0 Å². The fourth-order valence-electron chi connectivity index (χ4n) is 2.20. The molecule has 0 radical (unpaired) electrons. The Morgan fingerprint density at radius 1 is 1.33 bits per heavy atom. The minimum Gasteiger partial charge on any atom is -0.376 e. The maximum Gasteiger partial charge on any atom is 0.316 e. The summed E-state index contributed by atoms with van der Waals surface area (Å²) in [6.45, 7) is 3.21. The molecule has 1 N–H and O–H groups in total. The zero-order valence-electron chi connectivity index (χ0n) is 12.2. The van der Waals surface area contributed by atoms with Crippen LogP contribution in [0.5, 0.6) is 0 Å². The van der Waals surface area contributed by atoms with Crippen LogP contribution in [0.15, 0.2) is 30.3 Å². The predicted molar refractivity (Wildman–Crippen MR) is 78.0 cm³/mol. The number of carbonyl (C=O) groups excluding carboxylic acids is 2. The monoisotopic (exact) mass is 292 g/mol. The number of anilines is 1. The van der Waals surface area contributed by atoms with Crippen LogP contribution in [-0.4, -0.2) is 50.8 Å². The van der Waals surface area contributed by atoms with Crippen molar-refractivity contribution in [3.63, 3.8) is 0 Å². The maximum atomic E-state index is 12.1. The second kappa shape index (κ2) is 7.19. The molecule has 1 aromatic carbocycles. The smallest absolute Gasteiger partial charge is 0.316 e. The van der Waals surface area contributed by atoms with Crippen LogP contribution in [0, 0.1) is 0 Å². The molecule has 6 nitrogen and oxygen atoms in total. The van der Waals surface area contributed by atoms with Gasteiger partial charge in [-0.1, -0.05) is 18.2 Å². The molecule has 2 amide bonds. The number of benzene rings is 1. The Labute approximate surface area is 124 Å². The first-order valence-electron chi connectivity index (χ1n) is 6.96. The van der Waals surface area contributed by atoms with Crippen molar-refractivity contribution in [1.29, 1.82) is 0 Å². The van der Waals surface area contributed by atoms with E-state index in [-0.39, 0.29) is 12.1 Å². The molecular weight excluding hydrogens is 272 g/mol. The summed E-state index contributed by atoms with van der Waals surface area (Å²) in [6, 6.07) is 8.73. The topological polar surface area (TPSA) is 67.9 Å². The molecule has 1 fully saturated rings. The Morgan fingerprint density at radius 2 is 2.05 bits per heavy atom. The SMILES string of the molecule is CCO[C@H]1COC[C@@H]1NC(=O)C(=O)N(C)c1ccccc1. The summed E-state index contributed by atoms with van der Waals surface area (Å²) in [6.07, 6.45) is -0.200. The van der Waals surface area contributed by atoms with E-state index in [1.54, 1.807) is 19.2 Å². The molecule has 114 valence electrons. The fourth-order valence-corrected chi connectivity index (χ4v) is 2.20. The first kappa shape index (κ1) is 15.5. The van der Waals surface area contributed by atoms with Gasteiger partial charge in [-0.05, 0) is 19.1 Å². The van der Waals surface area contributed by atoms with Gasteiger partial charge in [0.15, 0.2) is 0 Å². The van der Waals surface area contributed by atoms with E-state index in [2.05, 4.69) is 5.32 Å². The minimum absolute atomic E-state index is 0.200. The molecule has 1 aliphatic rings. The number of hydrogen-bond acceptors (Lipinski definition) is 4. The molecule has 21 heavy (non-hydrogen) atoms. The molecule has 2 rings (SSSR count). The van der Waals surface area contributed by atoms with E-state index < -0.39 is 11.8 Å². The molecule has 0 spiro atoms. The molecule has 1 aliphatic heterocycles. The van der Waals surface area contributed by atoms with E-state index in [0.717, 1.165) is 0 Å². The van der Waals surface area contributed by atoms with E-state index in [9.17, 15) is 9.59 Å². The van der Waals surface area contributed by atoms with Crippen LogP contribution >= 0.6 is 0 Å². The van der Waals surface area contributed by atoms with Gasteiger partial charge in [0.05, 0.1) is 19.3 Å². The van der Waals surface area contributed by atoms with E-state index in [4.69, 9.17) is 9.47 Å². The normalized spacial score (nSPS) is 21.0. The quantitative estimate of drug-likeness (QED) is 0.824. The number of nitrogens with zero attached hydrogens (tertiary/aromatic N) is 1. The molecule has 2 atom stereocenters. The predicted octanol–water partition coefficient (Wildman–Crippen LogP) is 0.570. The van der Waals surface area contributed by atoms with Crippen LogP contribution in [-0.2, 0) is 19.1 Å². The van der Waals surface area contributed by atoms with E-state index in [1.807, 2.05) is 25.1 Å². The second-order valence-corrected chi connectivity index (χ2v) is 4.81. The first-order valence-corrected chi connectivity index (χ1v) is 6.96. The number of rotatable bonds is 4. The summed E-state index contributed by atoms with van der Waals surface area (Å²) in [5, 5.41) is 2.68. The third-order valence-electron chi connectivity index (χ3n) is 3.37. The summed E-state index contributed by atoms with van der Waals surface area (Å²) in [7, 11) is 1.57. The minimum atomic E-state index is -0.651. The summed E-state index contributed by atoms with van der Waals surface area (Å²) in [5.41, 5.74) is 0.668. The average Bonchev–Trinajstić information content (AvgIpc) is 2.94. The van der Waals surface area contributed by atoms with Gasteiger partial charge in [-0.15, -0.1) is 0 Å². The summed E-state index contributed by atoms with van der Waals surface area (Å²) >= 11 is 0. The van der Waals surface area contributed by atoms with E-state index in [0.29, 0.717) is 25.5 Å². The highest BCUT2D eigenvalue weighted by molar-refractivity contribution is 6.40. The van der Waals surface area contributed by atoms with Gasteiger partial charge in [0.25, 0.3) is 0 Å². The van der Waals surface area contributed by atoms with Crippen molar-refractivity contribution >= 4 is 17.5 Å². The Morgan fingerprint density at radius 3 is 2.71 bits per heavy atom. The van der Waals surface area contributed by atoms with Gasteiger partial charge in [0.1, 0.15) is 6.10 Å². The lowest BCUT2D eigenvalue weighted by Crippen LogP contribution is -2.49. The number of amides is 2. The first-order chi connectivity index (χ1) is 10.1. The van der Waals surface area contributed by atoms with Crippen LogP contribution in [0.1, 0.15) is 6.92 Å². The number of nitrogens with one attached hydrogen (secondary N) is 1. The lowest BCUT2D eigenvalue weighted by atomic mass is 10.2. The summed E-state index contributed by atoms with van der Waals surface area (Å²) < 4.78 is 10.8. The molecule has 0 saturated carbocycles. The highest BCUT2D eigenvalue weighted by atomic mass is 16.5. The third kappa shape index (κ3) is 3.80. The van der Waals surface area contributed by atoms with Gasteiger partial charge in [-0.3, -0.25) is 9.59 Å². The molecule has 0 aliphatic carbocycles. The molecule has 1 aromatic rings. The van der Waals surface area contributed by atoms with Gasteiger partial charge < -0.3 is 19.7 Å². The van der Waals surface area contributed by atoms with Crippen molar-refractivity contribution < 1.29 is 19.1 Å². The highest BCUT2D eigenvalue weighted by Crippen LogP contribution is 2.12. The number of ether oxygens (including phenoxy) is 2. The Balaban J connectivity index is 1.95. The van der Waals surface area contributed by atoms with Crippen LogP contribution in [0.3, 0.4) is 0 Å². The van der Waals surface area contributed by atoms with Crippen molar-refractivity contribution in [1.82, 2.24) is 5.32 Å². The van der Waals surface area contributed by atoms with Crippen molar-refractivity contribution in [2.45, 2.75) is 19.1 Å². The van der Waals surface area contributed by atoms with Gasteiger partial charge in [-0.2, -0.15) is 0 Å². The zero-order valence-corrected chi connectivity index (χ0v) is 12.2. The van der Waals surface area contributed by atoms with Crippen molar-refractivity contribution in [2.75, 3.05) is 31.8 Å². The lowest BCUT2D eigenvalue weighted by molar-refractivity contribution is -0.138. The molecule has 0 aromatic heterocycles. The van der Waals surface area contributed by atoms with Crippen LogP contribution in [0.2, 0.25) is 0 Å². The van der Waals surface area contributed by atoms with Gasteiger partial charge in [0, 0.05) is 19.3 Å². The number of likely N-dealkylation sites (N-methyl/N-ethyl adjacent to an activating group) is 1. The van der Waals surface area contributed by atoms with Crippen molar-refractivity contribution in [3.05, 3.63) is 30.3 Å². The third-order valence-corrected chi connectivity index (χ3v) is 3.37. The fraction of sp³-hybridized carbons (Fsp3) is 0.467. The number of hydrogen-bond donors (Lipinski definition) is 1. The standard InChI is InChI=1S/C15H20N2O4/c1-3-21-13-10-20-9-12(13)16-14(18)15(19)17(2)11-7-5-4-6-8-11/h4-8,12-13H,3,9-10H2,1-2H3,(H,16,18)/t12-,13-/m0/s1. The van der Waals surface area contributed by atoms with Gasteiger partial charge in [0.2, 0.25) is 0 Å². The van der Waals surface area contributed by atoms with Gasteiger partial charge in [-0.25, -0.2) is 0 Å². The van der Waals surface area contributed by atoms with E-state index in [1.165, 1.54) is 4.90 Å². The molecule has 6 heteroatoms. The summed E-state index contributed by atoms with van der Waals surface area (Å²) in [5.74, 6) is -1.26. The second-order valence-electron chi connectivity index (χ2n) is 4.81. The average molecular weight is 292 g/mol. The van der Waals surface area contributed by atoms with Gasteiger partial charge >= 0.3 is 11.8 Å². The van der Waals surface area contributed by atoms with Crippen molar-refractivity contribution in [3.8, 4) is 0 Å². The molecular formula is C15H20N2O4. The number of carbonyl (C=O) groups is 2. The lowest BCUT2D eigenvalue weighted by Gasteiger charge is -2.21. The molecule has 1 saturated heterocycles. The number of para-hydroxylation sites is 1. The maximum absolute atomic E-state index is 12.1. The zero-order chi connectivity index (χ0) is 15.2. The largest absolute Gasteiger partial charge is 0.376 e. The Hall–Kier alpha value is -1.92.